The van der Waals surface area contributed by atoms with Crippen LogP contribution in [0.25, 0.3) is 10.9 Å². The second-order valence-corrected chi connectivity index (χ2v) is 5.28. The molecular formula is C18H17NO. The molecule has 0 radical (unpaired) electrons. The van der Waals surface area contributed by atoms with E-state index in [2.05, 4.69) is 37.0 Å². The van der Waals surface area contributed by atoms with E-state index in [9.17, 15) is 4.79 Å². The number of hydrogen-bond donors (Lipinski definition) is 1. The van der Waals surface area contributed by atoms with Gasteiger partial charge >= 0.3 is 0 Å². The standard InChI is InChI=1S/C18H17NO/c1-12-7-8-13(2)14(9-12)10-18(20)16-11-19-17-6-4-3-5-15(16)17/h3-9,11,19H,10H2,1-2H3. The fraction of sp³-hybridized carbons (Fsp3) is 0.167. The Morgan fingerprint density at radius 3 is 2.75 bits per heavy atom. The maximum atomic E-state index is 12.5. The molecule has 0 aliphatic rings. The Kier molecular flexibility index (Phi) is 3.15. The van der Waals surface area contributed by atoms with Crippen molar-refractivity contribution in [2.24, 2.45) is 0 Å². The second kappa shape index (κ2) is 4.97. The van der Waals surface area contributed by atoms with E-state index < -0.39 is 0 Å². The van der Waals surface area contributed by atoms with Crippen LogP contribution in [0.5, 0.6) is 0 Å². The Hall–Kier alpha value is -2.35. The van der Waals surface area contributed by atoms with Crippen LogP contribution in [0.3, 0.4) is 0 Å². The number of carbonyl (C=O) groups is 1. The van der Waals surface area contributed by atoms with Crippen molar-refractivity contribution < 1.29 is 4.79 Å². The van der Waals surface area contributed by atoms with Crippen molar-refractivity contribution in [1.82, 2.24) is 4.98 Å². The van der Waals surface area contributed by atoms with Gasteiger partial charge in [0.2, 0.25) is 0 Å². The number of benzene rings is 2. The smallest absolute Gasteiger partial charge is 0.169 e. The number of hydrogen-bond acceptors (Lipinski definition) is 1. The Morgan fingerprint density at radius 2 is 1.90 bits per heavy atom. The molecule has 0 bridgehead atoms. The predicted octanol–water partition coefficient (Wildman–Crippen LogP) is 4.21. The molecule has 2 heteroatoms. The van der Waals surface area contributed by atoms with Crippen molar-refractivity contribution >= 4 is 16.7 Å². The SMILES string of the molecule is Cc1ccc(C)c(CC(=O)c2c[nH]c3ccccc23)c1. The number of rotatable bonds is 3. The molecule has 2 nitrogen and oxygen atoms in total. The second-order valence-electron chi connectivity index (χ2n) is 5.28. The highest BCUT2D eigenvalue weighted by Crippen LogP contribution is 2.20. The summed E-state index contributed by atoms with van der Waals surface area (Å²) >= 11 is 0. The van der Waals surface area contributed by atoms with Gasteiger partial charge in [0, 0.05) is 29.1 Å². The number of aryl methyl sites for hydroxylation is 2. The Labute approximate surface area is 118 Å². The van der Waals surface area contributed by atoms with Gasteiger partial charge in [-0.15, -0.1) is 0 Å². The number of para-hydroxylation sites is 1. The molecule has 0 saturated heterocycles. The van der Waals surface area contributed by atoms with Gasteiger partial charge in [-0.25, -0.2) is 0 Å². The molecular weight excluding hydrogens is 246 g/mol. The molecule has 1 aromatic heterocycles. The minimum atomic E-state index is 0.163. The molecule has 0 atom stereocenters. The molecule has 2 aromatic carbocycles. The van der Waals surface area contributed by atoms with Crippen LogP contribution in [0.1, 0.15) is 27.0 Å². The summed E-state index contributed by atoms with van der Waals surface area (Å²) in [6, 6.07) is 14.2. The van der Waals surface area contributed by atoms with Gasteiger partial charge < -0.3 is 4.98 Å². The van der Waals surface area contributed by atoms with Crippen LogP contribution in [0, 0.1) is 13.8 Å². The van der Waals surface area contributed by atoms with Crippen LogP contribution in [-0.2, 0) is 6.42 Å². The Morgan fingerprint density at radius 1 is 1.10 bits per heavy atom. The molecule has 0 unspecified atom stereocenters. The molecule has 0 fully saturated rings. The average molecular weight is 263 g/mol. The first kappa shape index (κ1) is 12.7. The maximum absolute atomic E-state index is 12.5. The Bertz CT molecular complexity index is 783. The third-order valence-electron chi connectivity index (χ3n) is 3.75. The first-order valence-corrected chi connectivity index (χ1v) is 6.80. The highest BCUT2D eigenvalue weighted by molar-refractivity contribution is 6.08. The fourth-order valence-corrected chi connectivity index (χ4v) is 2.56. The molecule has 1 N–H and O–H groups in total. The van der Waals surface area contributed by atoms with Crippen LogP contribution in [0.2, 0.25) is 0 Å². The van der Waals surface area contributed by atoms with Gasteiger partial charge in [0.15, 0.2) is 5.78 Å². The number of nitrogens with one attached hydrogen (secondary N) is 1. The molecule has 0 aliphatic carbocycles. The fourth-order valence-electron chi connectivity index (χ4n) is 2.56. The van der Waals surface area contributed by atoms with E-state index in [0.29, 0.717) is 6.42 Å². The van der Waals surface area contributed by atoms with Gasteiger partial charge in [0.1, 0.15) is 0 Å². The normalized spacial score (nSPS) is 10.9. The monoisotopic (exact) mass is 263 g/mol. The molecule has 3 rings (SSSR count). The highest BCUT2D eigenvalue weighted by atomic mass is 16.1. The third kappa shape index (κ3) is 2.25. The summed E-state index contributed by atoms with van der Waals surface area (Å²) in [5.41, 5.74) is 5.26. The van der Waals surface area contributed by atoms with E-state index in [1.165, 1.54) is 11.1 Å². The van der Waals surface area contributed by atoms with E-state index in [1.54, 1.807) is 0 Å². The number of H-pyrrole nitrogens is 1. The predicted molar refractivity (Wildman–Crippen MR) is 82.2 cm³/mol. The van der Waals surface area contributed by atoms with Gasteiger partial charge in [0.25, 0.3) is 0 Å². The number of fused-ring (bicyclic) bond motifs is 1. The minimum absolute atomic E-state index is 0.163. The average Bonchev–Trinajstić information content (AvgIpc) is 2.87. The number of ketones is 1. The highest BCUT2D eigenvalue weighted by Gasteiger charge is 2.13. The summed E-state index contributed by atoms with van der Waals surface area (Å²) in [6.07, 6.45) is 2.27. The topological polar surface area (TPSA) is 32.9 Å². The molecule has 100 valence electrons. The first-order chi connectivity index (χ1) is 9.65. The van der Waals surface area contributed by atoms with E-state index in [1.807, 2.05) is 30.5 Å². The van der Waals surface area contributed by atoms with Crippen LogP contribution >= 0.6 is 0 Å². The van der Waals surface area contributed by atoms with Gasteiger partial charge in [-0.3, -0.25) is 4.79 Å². The first-order valence-electron chi connectivity index (χ1n) is 6.80. The Balaban J connectivity index is 1.95. The summed E-state index contributed by atoms with van der Waals surface area (Å²) in [5.74, 6) is 0.163. The van der Waals surface area contributed by atoms with Crippen molar-refractivity contribution in [2.75, 3.05) is 0 Å². The zero-order chi connectivity index (χ0) is 14.1. The van der Waals surface area contributed by atoms with Crippen molar-refractivity contribution in [3.8, 4) is 0 Å². The molecule has 0 saturated carbocycles. The molecule has 3 aromatic rings. The molecule has 1 heterocycles. The van der Waals surface area contributed by atoms with Crippen LogP contribution in [0.15, 0.2) is 48.7 Å². The largest absolute Gasteiger partial charge is 0.360 e. The van der Waals surface area contributed by atoms with E-state index in [0.717, 1.165) is 22.0 Å². The number of aromatic amines is 1. The number of aromatic nitrogens is 1. The molecule has 20 heavy (non-hydrogen) atoms. The minimum Gasteiger partial charge on any atom is -0.360 e. The van der Waals surface area contributed by atoms with Crippen molar-refractivity contribution in [3.05, 3.63) is 70.9 Å². The van der Waals surface area contributed by atoms with Crippen molar-refractivity contribution in [1.29, 1.82) is 0 Å². The van der Waals surface area contributed by atoms with Crippen molar-refractivity contribution in [3.63, 3.8) is 0 Å². The lowest BCUT2D eigenvalue weighted by Crippen LogP contribution is -2.04. The summed E-state index contributed by atoms with van der Waals surface area (Å²) in [6.45, 7) is 4.11. The van der Waals surface area contributed by atoms with E-state index >= 15 is 0 Å². The van der Waals surface area contributed by atoms with Gasteiger partial charge in [-0.1, -0.05) is 42.0 Å². The zero-order valence-corrected chi connectivity index (χ0v) is 11.7. The van der Waals surface area contributed by atoms with Gasteiger partial charge in [-0.05, 0) is 31.0 Å². The third-order valence-corrected chi connectivity index (χ3v) is 3.75. The summed E-state index contributed by atoms with van der Waals surface area (Å²) in [5, 5.41) is 1.00. The van der Waals surface area contributed by atoms with E-state index in [4.69, 9.17) is 0 Å². The summed E-state index contributed by atoms with van der Waals surface area (Å²) in [7, 11) is 0. The summed E-state index contributed by atoms with van der Waals surface area (Å²) in [4.78, 5) is 15.7. The number of carbonyl (C=O) groups excluding carboxylic acids is 1. The molecule has 0 aliphatic heterocycles. The van der Waals surface area contributed by atoms with E-state index in [-0.39, 0.29) is 5.78 Å². The van der Waals surface area contributed by atoms with Crippen LogP contribution in [-0.4, -0.2) is 10.8 Å². The molecule has 0 spiro atoms. The lowest BCUT2D eigenvalue weighted by atomic mass is 9.97. The summed E-state index contributed by atoms with van der Waals surface area (Å²) < 4.78 is 0. The zero-order valence-electron chi connectivity index (χ0n) is 11.7. The van der Waals surface area contributed by atoms with Gasteiger partial charge in [0.05, 0.1) is 0 Å². The lowest BCUT2D eigenvalue weighted by molar-refractivity contribution is 0.0994. The number of Topliss-reactive ketones (excluding diaryl/α,β-unsaturated/α-hetero) is 1. The van der Waals surface area contributed by atoms with Crippen LogP contribution in [0.4, 0.5) is 0 Å². The van der Waals surface area contributed by atoms with Crippen molar-refractivity contribution in [2.45, 2.75) is 20.3 Å². The van der Waals surface area contributed by atoms with Gasteiger partial charge in [-0.2, -0.15) is 0 Å². The lowest BCUT2D eigenvalue weighted by Gasteiger charge is -2.06. The molecule has 0 amide bonds. The quantitative estimate of drug-likeness (QED) is 0.705. The van der Waals surface area contributed by atoms with Crippen LogP contribution < -0.4 is 0 Å². The maximum Gasteiger partial charge on any atom is 0.169 e.